The van der Waals surface area contributed by atoms with E-state index in [0.717, 1.165) is 40.9 Å². The molecule has 3 aliphatic rings. The largest absolute Gasteiger partial charge is 0.487 e. The minimum absolute atomic E-state index is 0.0721. The van der Waals surface area contributed by atoms with Crippen molar-refractivity contribution >= 4 is 12.2 Å². The summed E-state index contributed by atoms with van der Waals surface area (Å²) in [6.07, 6.45) is 16.6. The summed E-state index contributed by atoms with van der Waals surface area (Å²) in [4.78, 5) is 0. The highest BCUT2D eigenvalue weighted by Gasteiger charge is 2.49. The first-order chi connectivity index (χ1) is 16.5. The predicted molar refractivity (Wildman–Crippen MR) is 144 cm³/mol. The van der Waals surface area contributed by atoms with Gasteiger partial charge in [-0.3, -0.25) is 0 Å². The Balaban J connectivity index is 0.000000161. The van der Waals surface area contributed by atoms with Crippen LogP contribution >= 0.6 is 0 Å². The second-order valence-electron chi connectivity index (χ2n) is 10.7. The van der Waals surface area contributed by atoms with Crippen molar-refractivity contribution in [3.63, 3.8) is 0 Å². The number of hydrogen-bond donors (Lipinski definition) is 0. The zero-order chi connectivity index (χ0) is 24.0. The fraction of sp³-hybridized carbons (Fsp3) is 0.500. The Labute approximate surface area is 207 Å². The van der Waals surface area contributed by atoms with Crippen LogP contribution in [-0.2, 0) is 0 Å². The van der Waals surface area contributed by atoms with E-state index in [2.05, 4.69) is 63.4 Å². The predicted octanol–water partition coefficient (Wildman–Crippen LogP) is 9.11. The van der Waals surface area contributed by atoms with Gasteiger partial charge in [-0.1, -0.05) is 62.9 Å². The van der Waals surface area contributed by atoms with E-state index in [-0.39, 0.29) is 11.2 Å². The number of benzene rings is 2. The van der Waals surface area contributed by atoms with Crippen molar-refractivity contribution in [3.8, 4) is 11.5 Å². The summed E-state index contributed by atoms with van der Waals surface area (Å²) in [5.74, 6) is 3.66. The Hall–Kier alpha value is -2.48. The Kier molecular flexibility index (Phi) is 7.86. The maximum Gasteiger partial charge on any atom is 0.120 e. The van der Waals surface area contributed by atoms with E-state index in [1.54, 1.807) is 0 Å². The van der Waals surface area contributed by atoms with Crippen molar-refractivity contribution in [3.05, 3.63) is 72.8 Å². The SMILES string of the molecule is C=Cc1cccc(OC2(C)CC3CCC2C3)c1.C=Cc1cccc(OC2(CC)CCCCC2)c1. The number of rotatable bonds is 7. The van der Waals surface area contributed by atoms with Crippen LogP contribution in [0.2, 0.25) is 0 Å². The quantitative estimate of drug-likeness (QED) is 0.412. The molecule has 3 saturated carbocycles. The van der Waals surface area contributed by atoms with Gasteiger partial charge in [-0.25, -0.2) is 0 Å². The smallest absolute Gasteiger partial charge is 0.120 e. The molecular weight excluding hydrogens is 416 g/mol. The first-order valence-corrected chi connectivity index (χ1v) is 13.3. The first kappa shape index (κ1) is 24.6. The van der Waals surface area contributed by atoms with E-state index in [0.29, 0.717) is 0 Å². The molecule has 182 valence electrons. The molecule has 5 rings (SSSR count). The molecule has 0 amide bonds. The molecule has 2 nitrogen and oxygen atoms in total. The van der Waals surface area contributed by atoms with E-state index >= 15 is 0 Å². The van der Waals surface area contributed by atoms with Crippen molar-refractivity contribution < 1.29 is 9.47 Å². The number of hydrogen-bond acceptors (Lipinski definition) is 2. The van der Waals surface area contributed by atoms with Crippen molar-refractivity contribution in [1.29, 1.82) is 0 Å². The molecule has 0 aromatic heterocycles. The highest BCUT2D eigenvalue weighted by molar-refractivity contribution is 5.50. The Morgan fingerprint density at radius 2 is 1.50 bits per heavy atom. The van der Waals surface area contributed by atoms with Gasteiger partial charge >= 0.3 is 0 Å². The molecule has 2 heteroatoms. The lowest BCUT2D eigenvalue weighted by Gasteiger charge is -2.37. The highest BCUT2D eigenvalue weighted by atomic mass is 16.5. The van der Waals surface area contributed by atoms with Crippen LogP contribution in [0.5, 0.6) is 11.5 Å². The molecule has 0 N–H and O–H groups in total. The van der Waals surface area contributed by atoms with Gasteiger partial charge in [0.05, 0.1) is 0 Å². The van der Waals surface area contributed by atoms with Crippen molar-refractivity contribution in [2.45, 2.75) is 89.3 Å². The summed E-state index contributed by atoms with van der Waals surface area (Å²) in [6, 6.07) is 16.5. The van der Waals surface area contributed by atoms with Crippen molar-refractivity contribution in [2.75, 3.05) is 0 Å². The van der Waals surface area contributed by atoms with Crippen LogP contribution in [0, 0.1) is 11.8 Å². The highest BCUT2D eigenvalue weighted by Crippen LogP contribution is 2.52. The second-order valence-corrected chi connectivity index (χ2v) is 10.7. The molecule has 3 unspecified atom stereocenters. The number of ether oxygens (including phenoxy) is 2. The summed E-state index contributed by atoms with van der Waals surface area (Å²) >= 11 is 0. The normalized spacial score (nSPS) is 26.8. The van der Waals surface area contributed by atoms with E-state index < -0.39 is 0 Å². The molecule has 0 spiro atoms. The molecule has 34 heavy (non-hydrogen) atoms. The molecular formula is C32H42O2. The van der Waals surface area contributed by atoms with Crippen LogP contribution < -0.4 is 9.47 Å². The maximum absolute atomic E-state index is 6.29. The van der Waals surface area contributed by atoms with Gasteiger partial charge in [0.25, 0.3) is 0 Å². The molecule has 0 saturated heterocycles. The molecule has 2 bridgehead atoms. The van der Waals surface area contributed by atoms with E-state index in [1.807, 2.05) is 24.3 Å². The fourth-order valence-electron chi connectivity index (χ4n) is 6.33. The Morgan fingerprint density at radius 3 is 2.00 bits per heavy atom. The van der Waals surface area contributed by atoms with Crippen molar-refractivity contribution in [1.82, 2.24) is 0 Å². The molecule has 0 heterocycles. The lowest BCUT2D eigenvalue weighted by Crippen LogP contribution is -2.38. The van der Waals surface area contributed by atoms with E-state index in [9.17, 15) is 0 Å². The summed E-state index contributed by atoms with van der Waals surface area (Å²) in [7, 11) is 0. The fourth-order valence-corrected chi connectivity index (χ4v) is 6.33. The average molecular weight is 459 g/mol. The second kappa shape index (κ2) is 10.8. The molecule has 2 aromatic carbocycles. The summed E-state index contributed by atoms with van der Waals surface area (Å²) in [5, 5.41) is 0. The first-order valence-electron chi connectivity index (χ1n) is 13.3. The minimum atomic E-state index is 0.0721. The van der Waals surface area contributed by atoms with Crippen LogP contribution in [0.4, 0.5) is 0 Å². The number of fused-ring (bicyclic) bond motifs is 2. The Bertz CT molecular complexity index is 919. The van der Waals surface area contributed by atoms with Gasteiger partial charge in [-0.05, 0) is 112 Å². The van der Waals surface area contributed by atoms with E-state index in [4.69, 9.17) is 9.47 Å². The lowest BCUT2D eigenvalue weighted by atomic mass is 9.82. The lowest BCUT2D eigenvalue weighted by molar-refractivity contribution is 0.0265. The van der Waals surface area contributed by atoms with Gasteiger partial charge in [0.1, 0.15) is 22.7 Å². The monoisotopic (exact) mass is 458 g/mol. The zero-order valence-corrected chi connectivity index (χ0v) is 21.2. The summed E-state index contributed by atoms with van der Waals surface area (Å²) < 4.78 is 12.6. The maximum atomic E-state index is 6.29. The van der Waals surface area contributed by atoms with Crippen molar-refractivity contribution in [2.24, 2.45) is 11.8 Å². The van der Waals surface area contributed by atoms with Crippen LogP contribution in [0.15, 0.2) is 61.7 Å². The van der Waals surface area contributed by atoms with Gasteiger partial charge in [-0.15, -0.1) is 0 Å². The summed E-state index contributed by atoms with van der Waals surface area (Å²) in [5.41, 5.74) is 2.42. The van der Waals surface area contributed by atoms with Crippen LogP contribution in [0.3, 0.4) is 0 Å². The van der Waals surface area contributed by atoms with Crippen LogP contribution in [0.1, 0.15) is 89.2 Å². The third-order valence-corrected chi connectivity index (χ3v) is 8.38. The van der Waals surface area contributed by atoms with Gasteiger partial charge in [-0.2, -0.15) is 0 Å². The molecule has 0 aliphatic heterocycles. The third-order valence-electron chi connectivity index (χ3n) is 8.38. The van der Waals surface area contributed by atoms with Gasteiger partial charge in [0.2, 0.25) is 0 Å². The molecule has 3 aliphatic carbocycles. The Morgan fingerprint density at radius 1 is 0.882 bits per heavy atom. The van der Waals surface area contributed by atoms with Gasteiger partial charge < -0.3 is 9.47 Å². The third kappa shape index (κ3) is 5.77. The van der Waals surface area contributed by atoms with Gasteiger partial charge in [0, 0.05) is 0 Å². The van der Waals surface area contributed by atoms with Gasteiger partial charge in [0.15, 0.2) is 0 Å². The molecule has 2 aromatic rings. The van der Waals surface area contributed by atoms with E-state index in [1.165, 1.54) is 57.8 Å². The molecule has 0 radical (unpaired) electrons. The minimum Gasteiger partial charge on any atom is -0.487 e. The average Bonchev–Trinajstić information content (AvgIpc) is 3.46. The molecule has 3 atom stereocenters. The summed E-state index contributed by atoms with van der Waals surface area (Å²) in [6.45, 7) is 12.1. The van der Waals surface area contributed by atoms with Crippen LogP contribution in [-0.4, -0.2) is 11.2 Å². The molecule has 3 fully saturated rings. The van der Waals surface area contributed by atoms with Crippen LogP contribution in [0.25, 0.3) is 12.2 Å². The standard InChI is InChI=1S/C16H20O.C16H22O/c1-3-12-5-4-6-15(10-12)17-16(2)11-13-7-8-14(16)9-13;1-3-14-9-8-10-15(13-14)17-16(4-2)11-6-5-7-12-16/h3-6,10,13-14H,1,7-9,11H2,2H3;3,8-10,13H,1,4-7,11-12H2,2H3. The zero-order valence-electron chi connectivity index (χ0n) is 21.2. The topological polar surface area (TPSA) is 18.5 Å².